The topological polar surface area (TPSA) is 50.9 Å². The van der Waals surface area contributed by atoms with Crippen molar-refractivity contribution in [2.45, 2.75) is 45.4 Å². The van der Waals surface area contributed by atoms with Crippen LogP contribution in [0.3, 0.4) is 0 Å². The predicted octanol–water partition coefficient (Wildman–Crippen LogP) is 14.1. The highest BCUT2D eigenvalue weighted by Crippen LogP contribution is 2.52. The molecule has 7 aromatic carbocycles. The highest BCUT2D eigenvalue weighted by molar-refractivity contribution is 5.99. The molecule has 0 bridgehead atoms. The van der Waals surface area contributed by atoms with Gasteiger partial charge in [0.25, 0.3) is 0 Å². The summed E-state index contributed by atoms with van der Waals surface area (Å²) in [6.45, 7) is 11.4. The van der Waals surface area contributed by atoms with Crippen LogP contribution in [-0.4, -0.2) is 19.6 Å². The van der Waals surface area contributed by atoms with Crippen LogP contribution in [0.2, 0.25) is 0 Å². The zero-order valence-corrected chi connectivity index (χ0v) is 34.0. The van der Waals surface area contributed by atoms with E-state index < -0.39 is 0 Å². The van der Waals surface area contributed by atoms with Gasteiger partial charge in [0.1, 0.15) is 11.6 Å². The van der Waals surface area contributed by atoms with Crippen LogP contribution in [0, 0.1) is 0 Å². The first-order valence-corrected chi connectivity index (χ1v) is 20.4. The van der Waals surface area contributed by atoms with E-state index in [1.807, 2.05) is 24.4 Å². The van der Waals surface area contributed by atoms with Crippen molar-refractivity contribution in [1.29, 1.82) is 0 Å². The van der Waals surface area contributed by atoms with Crippen LogP contribution < -0.4 is 0 Å². The number of aromatic hydroxyl groups is 1. The quantitative estimate of drug-likeness (QED) is 0.183. The van der Waals surface area contributed by atoms with Crippen LogP contribution in [0.25, 0.3) is 83.9 Å². The standard InChI is InChI=1S/C55H45N3O/c1-54(2,3)40-27-28-47(45(34-40)36-19-10-7-11-20-36)58-48-25-16-23-41(52(48)57-53(58)44-22-13-15-26-49(44)59)38-31-37(35-17-8-6-9-18-35)32-39(33-38)51-50-43(29-30-56-51)42-21-12-14-24-46(42)55(50,4)5/h6-34,59H,1-5H3. The Kier molecular flexibility index (Phi) is 8.50. The van der Waals surface area contributed by atoms with Crippen molar-refractivity contribution in [3.63, 3.8) is 0 Å². The van der Waals surface area contributed by atoms with E-state index in [9.17, 15) is 5.11 Å². The van der Waals surface area contributed by atoms with Crippen molar-refractivity contribution in [2.75, 3.05) is 0 Å². The van der Waals surface area contributed by atoms with E-state index in [0.29, 0.717) is 11.4 Å². The molecule has 9 aromatic rings. The summed E-state index contributed by atoms with van der Waals surface area (Å²) in [4.78, 5) is 10.7. The molecule has 1 aliphatic rings. The lowest BCUT2D eigenvalue weighted by Crippen LogP contribution is -2.16. The first kappa shape index (κ1) is 36.3. The summed E-state index contributed by atoms with van der Waals surface area (Å²) in [5.41, 5.74) is 18.0. The number of hydrogen-bond acceptors (Lipinski definition) is 3. The van der Waals surface area contributed by atoms with Gasteiger partial charge in [0, 0.05) is 28.3 Å². The molecule has 2 heterocycles. The molecule has 10 rings (SSSR count). The van der Waals surface area contributed by atoms with Crippen molar-refractivity contribution < 1.29 is 5.11 Å². The third kappa shape index (κ3) is 6.06. The van der Waals surface area contributed by atoms with Crippen LogP contribution in [0.4, 0.5) is 0 Å². The van der Waals surface area contributed by atoms with Crippen molar-refractivity contribution in [1.82, 2.24) is 14.5 Å². The number of pyridine rings is 1. The molecule has 0 saturated heterocycles. The number of para-hydroxylation sites is 2. The van der Waals surface area contributed by atoms with Gasteiger partial charge in [-0.15, -0.1) is 0 Å². The number of aromatic nitrogens is 3. The Labute approximate surface area is 346 Å². The third-order valence-electron chi connectivity index (χ3n) is 12.1. The maximum absolute atomic E-state index is 11.4. The van der Waals surface area contributed by atoms with Crippen molar-refractivity contribution in [3.8, 4) is 78.6 Å². The maximum Gasteiger partial charge on any atom is 0.149 e. The molecule has 0 atom stereocenters. The SMILES string of the molecule is CC(C)(C)c1ccc(-n2c(-c3ccccc3O)nc3c(-c4cc(-c5ccccc5)cc(-c5nccc6c5C(C)(C)c5ccccc5-6)c4)cccc32)c(-c2ccccc2)c1. The Hall–Kier alpha value is -7.04. The Balaban J connectivity index is 1.25. The van der Waals surface area contributed by atoms with Gasteiger partial charge in [-0.3, -0.25) is 9.55 Å². The van der Waals surface area contributed by atoms with Gasteiger partial charge in [0.15, 0.2) is 0 Å². The first-order valence-electron chi connectivity index (χ1n) is 20.4. The largest absolute Gasteiger partial charge is 0.507 e. The van der Waals surface area contributed by atoms with Crippen LogP contribution in [0.5, 0.6) is 5.75 Å². The zero-order chi connectivity index (χ0) is 40.5. The lowest BCUT2D eigenvalue weighted by molar-refractivity contribution is 0.477. The number of phenols is 1. The van der Waals surface area contributed by atoms with Gasteiger partial charge in [-0.2, -0.15) is 0 Å². The number of hydrogen-bond donors (Lipinski definition) is 1. The second-order valence-corrected chi connectivity index (χ2v) is 17.2. The van der Waals surface area contributed by atoms with Gasteiger partial charge < -0.3 is 5.11 Å². The smallest absolute Gasteiger partial charge is 0.149 e. The molecular formula is C55H45N3O. The van der Waals surface area contributed by atoms with E-state index in [1.54, 1.807) is 6.07 Å². The summed E-state index contributed by atoms with van der Waals surface area (Å²) in [5, 5.41) is 11.4. The van der Waals surface area contributed by atoms with Crippen LogP contribution in [-0.2, 0) is 10.8 Å². The minimum absolute atomic E-state index is 0.0556. The summed E-state index contributed by atoms with van der Waals surface area (Å²) in [6, 6.07) is 59.6. The number of rotatable bonds is 6. The summed E-state index contributed by atoms with van der Waals surface area (Å²) in [5.74, 6) is 0.854. The molecule has 0 amide bonds. The molecule has 0 aliphatic heterocycles. The molecule has 0 saturated carbocycles. The van der Waals surface area contributed by atoms with E-state index in [2.05, 4.69) is 185 Å². The molecule has 1 N–H and O–H groups in total. The molecule has 0 fully saturated rings. The Bertz CT molecular complexity index is 3060. The molecule has 0 radical (unpaired) electrons. The van der Waals surface area contributed by atoms with E-state index in [0.717, 1.165) is 61.4 Å². The Morgan fingerprint density at radius 1 is 0.525 bits per heavy atom. The molecule has 4 nitrogen and oxygen atoms in total. The number of fused-ring (bicyclic) bond motifs is 4. The lowest BCUT2D eigenvalue weighted by atomic mass is 9.80. The van der Waals surface area contributed by atoms with Gasteiger partial charge in [0.2, 0.25) is 0 Å². The fraction of sp³-hybridized carbons (Fsp3) is 0.127. The number of phenolic OH excluding ortho intramolecular Hbond substituents is 1. The minimum Gasteiger partial charge on any atom is -0.507 e. The van der Waals surface area contributed by atoms with Crippen molar-refractivity contribution in [2.24, 2.45) is 0 Å². The lowest BCUT2D eigenvalue weighted by Gasteiger charge is -2.24. The molecule has 0 spiro atoms. The number of benzene rings is 7. The van der Waals surface area contributed by atoms with Crippen LogP contribution in [0.1, 0.15) is 51.3 Å². The van der Waals surface area contributed by atoms with Crippen LogP contribution >= 0.6 is 0 Å². The average Bonchev–Trinajstić information content (AvgIpc) is 3.76. The molecule has 1 aliphatic carbocycles. The summed E-state index contributed by atoms with van der Waals surface area (Å²) in [7, 11) is 0. The Morgan fingerprint density at radius 2 is 1.17 bits per heavy atom. The fourth-order valence-electron chi connectivity index (χ4n) is 9.12. The first-order chi connectivity index (χ1) is 28.6. The fourth-order valence-corrected chi connectivity index (χ4v) is 9.12. The summed E-state index contributed by atoms with van der Waals surface area (Å²) in [6.07, 6.45) is 1.96. The van der Waals surface area contributed by atoms with E-state index in [-0.39, 0.29) is 16.6 Å². The van der Waals surface area contributed by atoms with Gasteiger partial charge in [0.05, 0.1) is 28.0 Å². The second-order valence-electron chi connectivity index (χ2n) is 17.2. The zero-order valence-electron chi connectivity index (χ0n) is 34.0. The van der Waals surface area contributed by atoms with E-state index in [1.165, 1.54) is 27.8 Å². The highest BCUT2D eigenvalue weighted by Gasteiger charge is 2.38. The molecule has 0 unspecified atom stereocenters. The van der Waals surface area contributed by atoms with Gasteiger partial charge in [-0.05, 0) is 110 Å². The third-order valence-corrected chi connectivity index (χ3v) is 12.1. The van der Waals surface area contributed by atoms with E-state index in [4.69, 9.17) is 9.97 Å². The minimum atomic E-state index is -0.233. The second kappa shape index (κ2) is 13.8. The van der Waals surface area contributed by atoms with Crippen LogP contribution in [0.15, 0.2) is 176 Å². The Morgan fingerprint density at radius 3 is 1.92 bits per heavy atom. The van der Waals surface area contributed by atoms with Gasteiger partial charge >= 0.3 is 0 Å². The van der Waals surface area contributed by atoms with Gasteiger partial charge in [-0.25, -0.2) is 4.98 Å². The number of imidazole rings is 1. The molecule has 2 aromatic heterocycles. The molecular weight excluding hydrogens is 719 g/mol. The van der Waals surface area contributed by atoms with Crippen molar-refractivity contribution in [3.05, 3.63) is 193 Å². The summed E-state index contributed by atoms with van der Waals surface area (Å²) >= 11 is 0. The normalized spacial score (nSPS) is 13.0. The monoisotopic (exact) mass is 763 g/mol. The van der Waals surface area contributed by atoms with E-state index >= 15 is 0 Å². The summed E-state index contributed by atoms with van der Waals surface area (Å²) < 4.78 is 2.23. The van der Waals surface area contributed by atoms with Crippen molar-refractivity contribution >= 4 is 11.0 Å². The average molecular weight is 764 g/mol. The molecule has 4 heteroatoms. The maximum atomic E-state index is 11.4. The molecule has 59 heavy (non-hydrogen) atoms. The van der Waals surface area contributed by atoms with Gasteiger partial charge in [-0.1, -0.05) is 150 Å². The number of nitrogens with zero attached hydrogens (tertiary/aromatic N) is 3. The molecule has 286 valence electrons. The highest BCUT2D eigenvalue weighted by atomic mass is 16.3. The predicted molar refractivity (Wildman–Crippen MR) is 244 cm³/mol.